The summed E-state index contributed by atoms with van der Waals surface area (Å²) in [5.41, 5.74) is 2.01. The van der Waals surface area contributed by atoms with Gasteiger partial charge in [-0.25, -0.2) is 9.69 Å². The Morgan fingerprint density at radius 2 is 1.89 bits per heavy atom. The number of anilines is 2. The number of urea groups is 1. The van der Waals surface area contributed by atoms with Crippen LogP contribution in [0.4, 0.5) is 16.2 Å². The molecule has 0 unspecified atom stereocenters. The van der Waals surface area contributed by atoms with E-state index in [9.17, 15) is 9.59 Å². The molecule has 1 N–H and O–H groups in total. The largest absolute Gasteiger partial charge is 0.486 e. The number of amides is 3. The molecule has 2 aromatic carbocycles. The van der Waals surface area contributed by atoms with Crippen molar-refractivity contribution in [3.05, 3.63) is 60.0 Å². The SMILES string of the molecule is O=CN(C(=O)Nc1cccc(-c2cccs2)c1)c1ccc2c(c1)OCCO2. The zero-order chi connectivity index (χ0) is 18.6. The van der Waals surface area contributed by atoms with Crippen molar-refractivity contribution >= 4 is 35.2 Å². The highest BCUT2D eigenvalue weighted by molar-refractivity contribution is 7.13. The lowest BCUT2D eigenvalue weighted by Crippen LogP contribution is -2.33. The number of hydrogen-bond donors (Lipinski definition) is 1. The molecule has 2 heterocycles. The van der Waals surface area contributed by atoms with E-state index < -0.39 is 6.03 Å². The van der Waals surface area contributed by atoms with Crippen LogP contribution in [0.15, 0.2) is 60.0 Å². The smallest absolute Gasteiger partial charge is 0.332 e. The molecule has 7 heteroatoms. The van der Waals surface area contributed by atoms with Gasteiger partial charge in [-0.2, -0.15) is 0 Å². The van der Waals surface area contributed by atoms with Gasteiger partial charge in [-0.05, 0) is 41.3 Å². The number of nitrogens with zero attached hydrogens (tertiary/aromatic N) is 1. The maximum atomic E-state index is 12.6. The van der Waals surface area contributed by atoms with Gasteiger partial charge in [0.15, 0.2) is 11.5 Å². The van der Waals surface area contributed by atoms with E-state index in [1.807, 2.05) is 35.7 Å². The van der Waals surface area contributed by atoms with E-state index in [0.29, 0.717) is 42.5 Å². The Kier molecular flexibility index (Phi) is 4.76. The third-order valence-corrected chi connectivity index (χ3v) is 4.97. The molecule has 3 aromatic rings. The lowest BCUT2D eigenvalue weighted by molar-refractivity contribution is -0.106. The number of fused-ring (bicyclic) bond motifs is 1. The van der Waals surface area contributed by atoms with Crippen LogP contribution >= 0.6 is 11.3 Å². The molecular weight excluding hydrogens is 364 g/mol. The molecule has 1 aliphatic heterocycles. The van der Waals surface area contributed by atoms with Crippen molar-refractivity contribution < 1.29 is 19.1 Å². The summed E-state index contributed by atoms with van der Waals surface area (Å²) in [6.45, 7) is 0.907. The van der Waals surface area contributed by atoms with Gasteiger partial charge in [-0.3, -0.25) is 4.79 Å². The van der Waals surface area contributed by atoms with Crippen molar-refractivity contribution in [1.29, 1.82) is 0 Å². The molecule has 136 valence electrons. The summed E-state index contributed by atoms with van der Waals surface area (Å²) in [6.07, 6.45) is 0.476. The molecule has 0 radical (unpaired) electrons. The van der Waals surface area contributed by atoms with Crippen LogP contribution in [0.5, 0.6) is 11.5 Å². The van der Waals surface area contributed by atoms with Gasteiger partial charge in [-0.15, -0.1) is 11.3 Å². The van der Waals surface area contributed by atoms with Gasteiger partial charge >= 0.3 is 6.03 Å². The summed E-state index contributed by atoms with van der Waals surface area (Å²) in [5.74, 6) is 1.11. The Labute approximate surface area is 159 Å². The van der Waals surface area contributed by atoms with E-state index in [4.69, 9.17) is 9.47 Å². The van der Waals surface area contributed by atoms with Crippen molar-refractivity contribution in [2.24, 2.45) is 0 Å². The predicted octanol–water partition coefficient (Wildman–Crippen LogP) is 4.38. The fourth-order valence-electron chi connectivity index (χ4n) is 2.78. The highest BCUT2D eigenvalue weighted by Crippen LogP contribution is 2.34. The Hall–Kier alpha value is -3.32. The number of benzene rings is 2. The fourth-order valence-corrected chi connectivity index (χ4v) is 3.51. The molecule has 27 heavy (non-hydrogen) atoms. The number of nitrogens with one attached hydrogen (secondary N) is 1. The fraction of sp³-hybridized carbons (Fsp3) is 0.100. The van der Waals surface area contributed by atoms with E-state index >= 15 is 0 Å². The minimum atomic E-state index is -0.551. The van der Waals surface area contributed by atoms with E-state index in [1.165, 1.54) is 0 Å². The van der Waals surface area contributed by atoms with Crippen LogP contribution in [0.3, 0.4) is 0 Å². The molecule has 0 saturated heterocycles. The minimum Gasteiger partial charge on any atom is -0.486 e. The highest BCUT2D eigenvalue weighted by atomic mass is 32.1. The molecule has 0 aliphatic carbocycles. The van der Waals surface area contributed by atoms with Crippen LogP contribution in [0.2, 0.25) is 0 Å². The van der Waals surface area contributed by atoms with Gasteiger partial charge in [-0.1, -0.05) is 18.2 Å². The third-order valence-electron chi connectivity index (χ3n) is 4.05. The molecule has 0 spiro atoms. The maximum absolute atomic E-state index is 12.6. The Morgan fingerprint density at radius 1 is 1.04 bits per heavy atom. The van der Waals surface area contributed by atoms with Gasteiger partial charge in [0.2, 0.25) is 6.41 Å². The van der Waals surface area contributed by atoms with Gasteiger partial charge in [0.1, 0.15) is 13.2 Å². The normalized spacial score (nSPS) is 12.3. The van der Waals surface area contributed by atoms with E-state index in [-0.39, 0.29) is 0 Å². The minimum absolute atomic E-state index is 0.404. The predicted molar refractivity (Wildman–Crippen MR) is 105 cm³/mol. The first kappa shape index (κ1) is 17.1. The first-order valence-electron chi connectivity index (χ1n) is 8.34. The van der Waals surface area contributed by atoms with E-state index in [1.54, 1.807) is 35.6 Å². The molecule has 3 amide bonds. The molecule has 1 aliphatic rings. The first-order valence-corrected chi connectivity index (χ1v) is 9.22. The Bertz CT molecular complexity index is 972. The topological polar surface area (TPSA) is 67.9 Å². The Morgan fingerprint density at radius 3 is 2.67 bits per heavy atom. The average molecular weight is 380 g/mol. The van der Waals surface area contributed by atoms with E-state index in [2.05, 4.69) is 5.32 Å². The van der Waals surface area contributed by atoms with Crippen LogP contribution in [0.25, 0.3) is 10.4 Å². The van der Waals surface area contributed by atoms with Crippen molar-refractivity contribution in [2.45, 2.75) is 0 Å². The second-order valence-corrected chi connectivity index (χ2v) is 6.74. The van der Waals surface area contributed by atoms with Crippen molar-refractivity contribution in [3.8, 4) is 21.9 Å². The second-order valence-electron chi connectivity index (χ2n) is 5.79. The zero-order valence-electron chi connectivity index (χ0n) is 14.3. The van der Waals surface area contributed by atoms with E-state index in [0.717, 1.165) is 15.3 Å². The van der Waals surface area contributed by atoms with Crippen LogP contribution in [-0.4, -0.2) is 25.7 Å². The summed E-state index contributed by atoms with van der Waals surface area (Å²) < 4.78 is 11.0. The molecule has 6 nitrogen and oxygen atoms in total. The number of thiophene rings is 1. The highest BCUT2D eigenvalue weighted by Gasteiger charge is 2.19. The number of imide groups is 1. The lowest BCUT2D eigenvalue weighted by atomic mass is 10.1. The van der Waals surface area contributed by atoms with Crippen LogP contribution in [0, 0.1) is 0 Å². The summed E-state index contributed by atoms with van der Waals surface area (Å²) in [6, 6.07) is 15.9. The summed E-state index contributed by atoms with van der Waals surface area (Å²) >= 11 is 1.62. The second kappa shape index (κ2) is 7.51. The van der Waals surface area contributed by atoms with Crippen LogP contribution in [-0.2, 0) is 4.79 Å². The first-order chi connectivity index (χ1) is 13.2. The molecule has 0 fully saturated rings. The van der Waals surface area contributed by atoms with Crippen molar-refractivity contribution in [3.63, 3.8) is 0 Å². The maximum Gasteiger partial charge on any atom is 0.332 e. The van der Waals surface area contributed by atoms with Crippen LogP contribution < -0.4 is 19.7 Å². The van der Waals surface area contributed by atoms with Gasteiger partial charge in [0.25, 0.3) is 0 Å². The monoisotopic (exact) mass is 380 g/mol. The zero-order valence-corrected chi connectivity index (χ0v) is 15.1. The standard InChI is InChI=1S/C20H16N2O4S/c23-13-22(16-6-7-17-18(12-16)26-9-8-25-17)20(24)21-15-4-1-3-14(11-15)19-5-2-10-27-19/h1-7,10-13H,8-9H2,(H,21,24). The summed E-state index contributed by atoms with van der Waals surface area (Å²) in [4.78, 5) is 26.3. The van der Waals surface area contributed by atoms with Crippen molar-refractivity contribution in [2.75, 3.05) is 23.4 Å². The number of hydrogen-bond acceptors (Lipinski definition) is 5. The summed E-state index contributed by atoms with van der Waals surface area (Å²) in [5, 5.41) is 4.76. The number of carbonyl (C=O) groups is 2. The quantitative estimate of drug-likeness (QED) is 0.682. The molecule has 0 atom stereocenters. The van der Waals surface area contributed by atoms with Crippen molar-refractivity contribution in [1.82, 2.24) is 0 Å². The average Bonchev–Trinajstić information content (AvgIpc) is 3.23. The third kappa shape index (κ3) is 3.63. The lowest BCUT2D eigenvalue weighted by Gasteiger charge is -2.21. The van der Waals surface area contributed by atoms with Gasteiger partial charge in [0, 0.05) is 16.6 Å². The molecular formula is C20H16N2O4S. The molecule has 1 aromatic heterocycles. The van der Waals surface area contributed by atoms with Gasteiger partial charge in [0.05, 0.1) is 5.69 Å². The molecule has 0 bridgehead atoms. The Balaban J connectivity index is 1.54. The number of carbonyl (C=O) groups excluding carboxylic acids is 2. The molecule has 4 rings (SSSR count). The number of rotatable bonds is 4. The van der Waals surface area contributed by atoms with Gasteiger partial charge < -0.3 is 14.8 Å². The van der Waals surface area contributed by atoms with Crippen LogP contribution in [0.1, 0.15) is 0 Å². The summed E-state index contributed by atoms with van der Waals surface area (Å²) in [7, 11) is 0. The number of ether oxygens (including phenoxy) is 2. The molecule has 0 saturated carbocycles.